The van der Waals surface area contributed by atoms with E-state index in [1.807, 2.05) is 13.0 Å². The maximum atomic E-state index is 11.2. The molecule has 3 heteroatoms. The highest BCUT2D eigenvalue weighted by atomic mass is 16.5. The van der Waals surface area contributed by atoms with Crippen LogP contribution in [0.15, 0.2) is 12.7 Å². The first-order valence-electron chi connectivity index (χ1n) is 5.23. The fraction of sp³-hybridized carbons (Fsp3) is 0.727. The lowest BCUT2D eigenvalue weighted by Crippen LogP contribution is -2.32. The topological polar surface area (TPSA) is 29.5 Å². The summed E-state index contributed by atoms with van der Waals surface area (Å²) in [4.78, 5) is 13.2. The van der Waals surface area contributed by atoms with Gasteiger partial charge in [-0.05, 0) is 19.9 Å². The summed E-state index contributed by atoms with van der Waals surface area (Å²) < 4.78 is 4.88. The van der Waals surface area contributed by atoms with E-state index in [1.165, 1.54) is 0 Å². The predicted octanol–water partition coefficient (Wildman–Crippen LogP) is 1.84. The third-order valence-electron chi connectivity index (χ3n) is 1.87. The molecule has 82 valence electrons. The number of carbonyl (C=O) groups excluding carboxylic acids is 1. The smallest absolute Gasteiger partial charge is 0.320 e. The van der Waals surface area contributed by atoms with Gasteiger partial charge in [-0.1, -0.05) is 19.4 Å². The van der Waals surface area contributed by atoms with Gasteiger partial charge in [-0.3, -0.25) is 9.69 Å². The number of carbonyl (C=O) groups is 1. The summed E-state index contributed by atoms with van der Waals surface area (Å²) in [5.74, 6) is -0.148. The zero-order chi connectivity index (χ0) is 10.8. The van der Waals surface area contributed by atoms with E-state index in [0.29, 0.717) is 13.2 Å². The van der Waals surface area contributed by atoms with E-state index in [2.05, 4.69) is 18.4 Å². The van der Waals surface area contributed by atoms with Crippen molar-refractivity contribution in [2.24, 2.45) is 0 Å². The maximum Gasteiger partial charge on any atom is 0.320 e. The van der Waals surface area contributed by atoms with Crippen LogP contribution >= 0.6 is 0 Å². The van der Waals surface area contributed by atoms with Crippen molar-refractivity contribution in [2.45, 2.75) is 26.7 Å². The largest absolute Gasteiger partial charge is 0.465 e. The number of unbranched alkanes of at least 4 members (excludes halogenated alkanes) is 1. The molecule has 0 aromatic heterocycles. The fourth-order valence-corrected chi connectivity index (χ4v) is 1.19. The number of hydrogen-bond donors (Lipinski definition) is 0. The summed E-state index contributed by atoms with van der Waals surface area (Å²) >= 11 is 0. The number of esters is 1. The Morgan fingerprint density at radius 2 is 2.21 bits per heavy atom. The Morgan fingerprint density at radius 3 is 2.71 bits per heavy atom. The van der Waals surface area contributed by atoms with Gasteiger partial charge in [-0.15, -0.1) is 6.58 Å². The molecule has 0 saturated carbocycles. The second kappa shape index (κ2) is 8.75. The lowest BCUT2D eigenvalue weighted by Gasteiger charge is -2.18. The molecule has 0 rings (SSSR count). The monoisotopic (exact) mass is 199 g/mol. The molecule has 0 heterocycles. The lowest BCUT2D eigenvalue weighted by atomic mass is 10.3. The van der Waals surface area contributed by atoms with E-state index >= 15 is 0 Å². The van der Waals surface area contributed by atoms with Crippen LogP contribution in [0.25, 0.3) is 0 Å². The van der Waals surface area contributed by atoms with Crippen molar-refractivity contribution in [3.63, 3.8) is 0 Å². The second-order valence-corrected chi connectivity index (χ2v) is 3.18. The first kappa shape index (κ1) is 13.2. The van der Waals surface area contributed by atoms with Crippen LogP contribution in [0.4, 0.5) is 0 Å². The molecule has 3 nitrogen and oxygen atoms in total. The van der Waals surface area contributed by atoms with Gasteiger partial charge in [0.1, 0.15) is 0 Å². The number of hydrogen-bond acceptors (Lipinski definition) is 3. The Morgan fingerprint density at radius 1 is 1.50 bits per heavy atom. The molecule has 0 aliphatic carbocycles. The number of nitrogens with zero attached hydrogens (tertiary/aromatic N) is 1. The van der Waals surface area contributed by atoms with E-state index < -0.39 is 0 Å². The quantitative estimate of drug-likeness (QED) is 0.441. The van der Waals surface area contributed by atoms with Crippen LogP contribution in [0.2, 0.25) is 0 Å². The normalized spacial score (nSPS) is 10.2. The summed E-state index contributed by atoms with van der Waals surface area (Å²) in [6, 6.07) is 0. The average molecular weight is 199 g/mol. The SMILES string of the molecule is C=CCN(CCCC)CC(=O)OCC. The number of ether oxygens (including phenoxy) is 1. The summed E-state index contributed by atoms with van der Waals surface area (Å²) in [5.41, 5.74) is 0. The standard InChI is InChI=1S/C11H21NO2/c1-4-7-9-12(8-5-2)10-11(13)14-6-3/h5H,2,4,6-10H2,1,3H3. The van der Waals surface area contributed by atoms with Crippen molar-refractivity contribution < 1.29 is 9.53 Å². The first-order chi connectivity index (χ1) is 6.74. The van der Waals surface area contributed by atoms with E-state index in [4.69, 9.17) is 4.74 Å². The molecule has 0 atom stereocenters. The molecule has 0 radical (unpaired) electrons. The Bertz CT molecular complexity index is 169. The highest BCUT2D eigenvalue weighted by molar-refractivity contribution is 5.71. The Kier molecular flexibility index (Phi) is 8.24. The van der Waals surface area contributed by atoms with Crippen LogP contribution in [-0.4, -0.2) is 37.1 Å². The Hall–Kier alpha value is -0.830. The summed E-state index contributed by atoms with van der Waals surface area (Å²) in [7, 11) is 0. The van der Waals surface area contributed by atoms with Crippen molar-refractivity contribution in [3.05, 3.63) is 12.7 Å². The molecule has 0 aliphatic rings. The molecule has 0 aromatic rings. The minimum atomic E-state index is -0.148. The zero-order valence-corrected chi connectivity index (χ0v) is 9.29. The van der Waals surface area contributed by atoms with Gasteiger partial charge in [0, 0.05) is 6.54 Å². The van der Waals surface area contributed by atoms with Gasteiger partial charge in [0.15, 0.2) is 0 Å². The minimum Gasteiger partial charge on any atom is -0.465 e. The molecular formula is C11H21NO2. The third-order valence-corrected chi connectivity index (χ3v) is 1.87. The lowest BCUT2D eigenvalue weighted by molar-refractivity contribution is -0.144. The van der Waals surface area contributed by atoms with Crippen molar-refractivity contribution in [2.75, 3.05) is 26.2 Å². The molecule has 0 spiro atoms. The van der Waals surface area contributed by atoms with Crippen LogP contribution in [0, 0.1) is 0 Å². The van der Waals surface area contributed by atoms with Crippen LogP contribution in [0.1, 0.15) is 26.7 Å². The van der Waals surface area contributed by atoms with Gasteiger partial charge in [-0.25, -0.2) is 0 Å². The zero-order valence-electron chi connectivity index (χ0n) is 9.29. The second-order valence-electron chi connectivity index (χ2n) is 3.18. The van der Waals surface area contributed by atoms with Gasteiger partial charge in [0.05, 0.1) is 13.2 Å². The van der Waals surface area contributed by atoms with Crippen LogP contribution in [-0.2, 0) is 9.53 Å². The molecule has 14 heavy (non-hydrogen) atoms. The molecular weight excluding hydrogens is 178 g/mol. The van der Waals surface area contributed by atoms with Gasteiger partial charge in [0.2, 0.25) is 0 Å². The van der Waals surface area contributed by atoms with Crippen LogP contribution < -0.4 is 0 Å². The third kappa shape index (κ3) is 6.66. The van der Waals surface area contributed by atoms with Crippen LogP contribution in [0.3, 0.4) is 0 Å². The van der Waals surface area contributed by atoms with E-state index in [9.17, 15) is 4.79 Å². The van der Waals surface area contributed by atoms with Gasteiger partial charge < -0.3 is 4.74 Å². The van der Waals surface area contributed by atoms with Crippen molar-refractivity contribution in [1.82, 2.24) is 4.90 Å². The summed E-state index contributed by atoms with van der Waals surface area (Å²) in [6.45, 7) is 10.1. The highest BCUT2D eigenvalue weighted by Gasteiger charge is 2.08. The summed E-state index contributed by atoms with van der Waals surface area (Å²) in [6.07, 6.45) is 4.05. The molecule has 0 saturated heterocycles. The molecule has 0 N–H and O–H groups in total. The molecule has 0 unspecified atom stereocenters. The molecule has 0 amide bonds. The predicted molar refractivity (Wildman–Crippen MR) is 58.2 cm³/mol. The van der Waals surface area contributed by atoms with E-state index in [0.717, 1.165) is 25.9 Å². The Balaban J connectivity index is 3.81. The minimum absolute atomic E-state index is 0.148. The van der Waals surface area contributed by atoms with Gasteiger partial charge >= 0.3 is 5.97 Å². The van der Waals surface area contributed by atoms with Crippen LogP contribution in [0.5, 0.6) is 0 Å². The van der Waals surface area contributed by atoms with E-state index in [-0.39, 0.29) is 5.97 Å². The van der Waals surface area contributed by atoms with E-state index in [1.54, 1.807) is 0 Å². The summed E-state index contributed by atoms with van der Waals surface area (Å²) in [5, 5.41) is 0. The average Bonchev–Trinajstić information content (AvgIpc) is 2.15. The number of rotatable bonds is 8. The van der Waals surface area contributed by atoms with Crippen molar-refractivity contribution in [1.29, 1.82) is 0 Å². The maximum absolute atomic E-state index is 11.2. The molecule has 0 bridgehead atoms. The van der Waals surface area contributed by atoms with Crippen molar-refractivity contribution in [3.8, 4) is 0 Å². The molecule has 0 fully saturated rings. The van der Waals surface area contributed by atoms with Gasteiger partial charge in [-0.2, -0.15) is 0 Å². The molecule has 0 aliphatic heterocycles. The first-order valence-corrected chi connectivity index (χ1v) is 5.23. The fourth-order valence-electron chi connectivity index (χ4n) is 1.19. The highest BCUT2D eigenvalue weighted by Crippen LogP contribution is 1.96. The van der Waals surface area contributed by atoms with Gasteiger partial charge in [0.25, 0.3) is 0 Å². The molecule has 0 aromatic carbocycles. The Labute approximate surface area is 86.7 Å². The van der Waals surface area contributed by atoms with Crippen molar-refractivity contribution >= 4 is 5.97 Å².